The summed E-state index contributed by atoms with van der Waals surface area (Å²) >= 11 is 1.23. The molecule has 1 aromatic heterocycles. The van der Waals surface area contributed by atoms with Crippen molar-refractivity contribution >= 4 is 34.7 Å². The van der Waals surface area contributed by atoms with Crippen LogP contribution in [0.4, 0.5) is 11.4 Å². The zero-order chi connectivity index (χ0) is 34.5. The number of amides is 1. The van der Waals surface area contributed by atoms with Crippen LogP contribution in [0.3, 0.4) is 0 Å². The second-order valence-corrected chi connectivity index (χ2v) is 12.0. The Balaban J connectivity index is 1.37. The lowest BCUT2D eigenvalue weighted by Gasteiger charge is -2.25. The highest BCUT2D eigenvalue weighted by Crippen LogP contribution is 2.33. The maximum atomic E-state index is 14.2. The van der Waals surface area contributed by atoms with Crippen molar-refractivity contribution in [1.29, 1.82) is 0 Å². The van der Waals surface area contributed by atoms with Crippen LogP contribution in [-0.4, -0.2) is 29.1 Å². The molecule has 12 heteroatoms. The summed E-state index contributed by atoms with van der Waals surface area (Å²) in [5, 5.41) is 13.9. The SMILES string of the molecule is CCOc1cc(/C=c2\sc3n(c2=O)[C@@H](c2cccc(OC)c2)C(C(=O)Nc2ccccc2)=C(C)N=3)ccc1OCc1ccc([N+](=O)[O-])cc1. The van der Waals surface area contributed by atoms with Crippen molar-refractivity contribution in [2.45, 2.75) is 26.5 Å². The normalized spacial score (nSPS) is 14.1. The first kappa shape index (κ1) is 32.9. The number of hydrogen-bond donors (Lipinski definition) is 1. The number of thiazole rings is 1. The van der Waals surface area contributed by atoms with Gasteiger partial charge in [-0.15, -0.1) is 0 Å². The maximum absolute atomic E-state index is 14.2. The minimum atomic E-state index is -0.758. The van der Waals surface area contributed by atoms with Crippen LogP contribution >= 0.6 is 11.3 Å². The average molecular weight is 677 g/mol. The van der Waals surface area contributed by atoms with Crippen molar-refractivity contribution in [3.63, 3.8) is 0 Å². The van der Waals surface area contributed by atoms with E-state index in [1.165, 1.54) is 23.5 Å². The molecule has 2 heterocycles. The molecule has 0 fully saturated rings. The van der Waals surface area contributed by atoms with Crippen molar-refractivity contribution in [2.75, 3.05) is 19.0 Å². The third kappa shape index (κ3) is 7.14. The lowest BCUT2D eigenvalue weighted by Crippen LogP contribution is -2.40. The van der Waals surface area contributed by atoms with Crippen LogP contribution in [0.15, 0.2) is 118 Å². The fourth-order valence-electron chi connectivity index (χ4n) is 5.49. The van der Waals surface area contributed by atoms with E-state index in [-0.39, 0.29) is 23.8 Å². The van der Waals surface area contributed by atoms with E-state index in [2.05, 4.69) is 5.32 Å². The number of non-ortho nitro benzene ring substituents is 1. The van der Waals surface area contributed by atoms with Crippen LogP contribution in [0.1, 0.15) is 36.6 Å². The minimum Gasteiger partial charge on any atom is -0.497 e. The highest BCUT2D eigenvalue weighted by Gasteiger charge is 2.32. The number of benzene rings is 4. The number of allylic oxidation sites excluding steroid dienone is 1. The standard InChI is InChI=1S/C37H32N4O7S/c1-4-47-31-19-25(15-18-30(31)48-22-24-13-16-28(17-14-24)41(44)45)20-32-36(43)40-34(26-9-8-12-29(21-26)46-3)33(23(2)38-37(40)49-32)35(42)39-27-10-6-5-7-11-27/h5-21,34H,4,22H2,1-3H3,(H,39,42)/b32-20-/t34-/m0/s1. The predicted octanol–water partition coefficient (Wildman–Crippen LogP) is 5.77. The first-order valence-electron chi connectivity index (χ1n) is 15.4. The fraction of sp³-hybridized carbons (Fsp3) is 0.162. The summed E-state index contributed by atoms with van der Waals surface area (Å²) in [4.78, 5) is 43.7. The third-order valence-corrected chi connectivity index (χ3v) is 8.80. The molecule has 11 nitrogen and oxygen atoms in total. The summed E-state index contributed by atoms with van der Waals surface area (Å²) in [5.41, 5.74) is 3.35. The van der Waals surface area contributed by atoms with Gasteiger partial charge in [0.25, 0.3) is 17.2 Å². The molecule has 4 aromatic carbocycles. The molecule has 1 aliphatic heterocycles. The summed E-state index contributed by atoms with van der Waals surface area (Å²) in [6, 6.07) is 27.2. The van der Waals surface area contributed by atoms with Gasteiger partial charge in [0.15, 0.2) is 16.3 Å². The highest BCUT2D eigenvalue weighted by molar-refractivity contribution is 7.07. The second-order valence-electron chi connectivity index (χ2n) is 11.0. The molecule has 0 bridgehead atoms. The molecular weight excluding hydrogens is 644 g/mol. The van der Waals surface area contributed by atoms with Gasteiger partial charge < -0.3 is 19.5 Å². The van der Waals surface area contributed by atoms with Crippen molar-refractivity contribution in [3.8, 4) is 17.2 Å². The fourth-order valence-corrected chi connectivity index (χ4v) is 6.53. The third-order valence-electron chi connectivity index (χ3n) is 7.81. The molecule has 0 spiro atoms. The molecular formula is C37H32N4O7S. The molecule has 1 amide bonds. The van der Waals surface area contributed by atoms with Crippen LogP contribution in [0, 0.1) is 10.1 Å². The van der Waals surface area contributed by atoms with Crippen LogP contribution in [0.5, 0.6) is 17.2 Å². The highest BCUT2D eigenvalue weighted by atomic mass is 32.1. The van der Waals surface area contributed by atoms with E-state index in [1.54, 1.807) is 61.1 Å². The summed E-state index contributed by atoms with van der Waals surface area (Å²) in [5.74, 6) is 1.20. The number of nitro groups is 1. The Kier molecular flexibility index (Phi) is 9.67. The number of nitro benzene ring substituents is 1. The molecule has 1 aliphatic rings. The maximum Gasteiger partial charge on any atom is 0.271 e. The number of carbonyl (C=O) groups is 1. The van der Waals surface area contributed by atoms with Gasteiger partial charge in [0.1, 0.15) is 12.4 Å². The van der Waals surface area contributed by atoms with E-state index in [0.29, 0.717) is 61.3 Å². The van der Waals surface area contributed by atoms with Crippen molar-refractivity contribution in [3.05, 3.63) is 155 Å². The molecule has 1 N–H and O–H groups in total. The number of anilines is 1. The molecule has 6 rings (SSSR count). The summed E-state index contributed by atoms with van der Waals surface area (Å²) in [6.45, 7) is 4.19. The molecule has 0 saturated heterocycles. The minimum absolute atomic E-state index is 0.00467. The van der Waals surface area contributed by atoms with Gasteiger partial charge >= 0.3 is 0 Å². The molecule has 1 atom stereocenters. The predicted molar refractivity (Wildman–Crippen MR) is 187 cm³/mol. The van der Waals surface area contributed by atoms with Gasteiger partial charge in [-0.25, -0.2) is 4.99 Å². The van der Waals surface area contributed by atoms with Gasteiger partial charge in [-0.2, -0.15) is 0 Å². The Morgan fingerprint density at radius 3 is 2.49 bits per heavy atom. The summed E-state index contributed by atoms with van der Waals surface area (Å²) < 4.78 is 19.3. The molecule has 248 valence electrons. The van der Waals surface area contributed by atoms with E-state index >= 15 is 0 Å². The zero-order valence-corrected chi connectivity index (χ0v) is 27.7. The molecule has 5 aromatic rings. The van der Waals surface area contributed by atoms with Crippen molar-refractivity contribution < 1.29 is 23.9 Å². The number of hydrogen-bond acceptors (Lipinski definition) is 9. The lowest BCUT2D eigenvalue weighted by molar-refractivity contribution is -0.384. The Morgan fingerprint density at radius 2 is 1.78 bits per heavy atom. The first-order chi connectivity index (χ1) is 23.7. The van der Waals surface area contributed by atoms with Gasteiger partial charge in [-0.1, -0.05) is 47.7 Å². The van der Waals surface area contributed by atoms with E-state index in [4.69, 9.17) is 19.2 Å². The van der Waals surface area contributed by atoms with Crippen molar-refractivity contribution in [1.82, 2.24) is 4.57 Å². The zero-order valence-electron chi connectivity index (χ0n) is 26.9. The number of nitrogens with one attached hydrogen (secondary N) is 1. The average Bonchev–Trinajstić information content (AvgIpc) is 3.41. The number of ether oxygens (including phenoxy) is 3. The number of methoxy groups -OCH3 is 1. The largest absolute Gasteiger partial charge is 0.497 e. The molecule has 0 radical (unpaired) electrons. The molecule has 0 saturated carbocycles. The monoisotopic (exact) mass is 676 g/mol. The Morgan fingerprint density at radius 1 is 1.00 bits per heavy atom. The number of para-hydroxylation sites is 1. The molecule has 0 aliphatic carbocycles. The van der Waals surface area contributed by atoms with E-state index in [9.17, 15) is 19.7 Å². The number of aromatic nitrogens is 1. The van der Waals surface area contributed by atoms with E-state index in [1.807, 2.05) is 55.5 Å². The summed E-state index contributed by atoms with van der Waals surface area (Å²) in [7, 11) is 1.57. The van der Waals surface area contributed by atoms with Crippen LogP contribution < -0.4 is 34.4 Å². The van der Waals surface area contributed by atoms with E-state index < -0.39 is 11.0 Å². The molecule has 0 unspecified atom stereocenters. The quantitative estimate of drug-likeness (QED) is 0.139. The number of fused-ring (bicyclic) bond motifs is 1. The number of carbonyl (C=O) groups excluding carboxylic acids is 1. The van der Waals surface area contributed by atoms with Crippen LogP contribution in [0.25, 0.3) is 6.08 Å². The molecule has 49 heavy (non-hydrogen) atoms. The Labute approximate surface area is 285 Å². The second kappa shape index (κ2) is 14.4. The lowest BCUT2D eigenvalue weighted by atomic mass is 9.95. The Hall–Kier alpha value is -6.01. The van der Waals surface area contributed by atoms with Crippen molar-refractivity contribution in [2.24, 2.45) is 4.99 Å². The number of rotatable bonds is 11. The van der Waals surface area contributed by atoms with Gasteiger partial charge in [-0.3, -0.25) is 24.3 Å². The van der Waals surface area contributed by atoms with Crippen LogP contribution in [-0.2, 0) is 11.4 Å². The van der Waals surface area contributed by atoms with E-state index in [0.717, 1.165) is 5.56 Å². The topological polar surface area (TPSA) is 134 Å². The number of nitrogens with zero attached hydrogens (tertiary/aromatic N) is 3. The van der Waals surface area contributed by atoms with Gasteiger partial charge in [0.05, 0.1) is 40.5 Å². The van der Waals surface area contributed by atoms with Gasteiger partial charge in [-0.05, 0) is 85.1 Å². The van der Waals surface area contributed by atoms with Crippen LogP contribution in [0.2, 0.25) is 0 Å². The summed E-state index contributed by atoms with van der Waals surface area (Å²) in [6.07, 6.45) is 1.76. The Bertz CT molecular complexity index is 2240. The smallest absolute Gasteiger partial charge is 0.271 e. The first-order valence-corrected chi connectivity index (χ1v) is 16.2. The van der Waals surface area contributed by atoms with Gasteiger partial charge in [0.2, 0.25) is 0 Å². The van der Waals surface area contributed by atoms with Gasteiger partial charge in [0, 0.05) is 17.8 Å².